The molecule has 1 unspecified atom stereocenters. The average Bonchev–Trinajstić information content (AvgIpc) is 2.73. The molecular formula is C15H18N2S2. The Labute approximate surface area is 122 Å². The summed E-state index contributed by atoms with van der Waals surface area (Å²) >= 11 is 1.87. The van der Waals surface area contributed by atoms with Crippen LogP contribution in [0.3, 0.4) is 0 Å². The first kappa shape index (κ1) is 14.2. The molecular weight excluding hydrogens is 272 g/mol. The quantitative estimate of drug-likeness (QED) is 0.608. The minimum absolute atomic E-state index is 0.0237. The number of allylic oxidation sites excluding steroid dienone is 2. The predicted octanol–water partition coefficient (Wildman–Crippen LogP) is 4.02. The molecule has 1 heterocycles. The second-order valence-corrected chi connectivity index (χ2v) is 8.29. The molecule has 0 saturated carbocycles. The molecule has 0 bridgehead atoms. The van der Waals surface area contributed by atoms with Gasteiger partial charge < -0.3 is 4.90 Å². The van der Waals surface area contributed by atoms with Crippen LogP contribution in [0.4, 0.5) is 5.69 Å². The number of thioether (sulfide) groups is 1. The van der Waals surface area contributed by atoms with Gasteiger partial charge in [0.15, 0.2) is 0 Å². The fourth-order valence-electron chi connectivity index (χ4n) is 1.90. The highest BCUT2D eigenvalue weighted by atomic mass is 32.2. The maximum Gasteiger partial charge on any atom is 0.106 e. The summed E-state index contributed by atoms with van der Waals surface area (Å²) in [5, 5.41) is 10.5. The van der Waals surface area contributed by atoms with E-state index in [1.54, 1.807) is 0 Å². The predicted molar refractivity (Wildman–Crippen MR) is 88.9 cm³/mol. The Bertz CT molecular complexity index is 590. The molecule has 0 spiro atoms. The van der Waals surface area contributed by atoms with Crippen LogP contribution in [0.2, 0.25) is 0 Å². The Hall–Kier alpha value is -1.18. The van der Waals surface area contributed by atoms with E-state index in [0.717, 1.165) is 21.2 Å². The maximum absolute atomic E-state index is 9.50. The summed E-state index contributed by atoms with van der Waals surface area (Å²) in [7, 11) is 4.02. The molecule has 1 aromatic carbocycles. The highest BCUT2D eigenvalue weighted by molar-refractivity contribution is 8.31. The lowest BCUT2D eigenvalue weighted by atomic mass is 10.1. The molecule has 1 aliphatic rings. The minimum atomic E-state index is -0.0237. The standard InChI is InChI=1S/C15H18N2S2/c1-11-12(2)19(10-18-11)15(9-16)13-5-7-14(8-6-13)17(3)4/h5-8H,10H2,1-4H3. The molecule has 0 saturated heterocycles. The van der Waals surface area contributed by atoms with Crippen molar-refractivity contribution in [2.45, 2.75) is 13.8 Å². The summed E-state index contributed by atoms with van der Waals surface area (Å²) in [4.78, 5) is 5.74. The summed E-state index contributed by atoms with van der Waals surface area (Å²) in [5.41, 5.74) is 2.22. The monoisotopic (exact) mass is 290 g/mol. The van der Waals surface area contributed by atoms with Crippen molar-refractivity contribution in [3.63, 3.8) is 0 Å². The van der Waals surface area contributed by atoms with Crippen LogP contribution in [0, 0.1) is 11.3 Å². The number of hydrogen-bond acceptors (Lipinski definition) is 3. The molecule has 19 heavy (non-hydrogen) atoms. The van der Waals surface area contributed by atoms with Gasteiger partial charge in [-0.1, -0.05) is 12.1 Å². The number of hydrogen-bond donors (Lipinski definition) is 0. The summed E-state index contributed by atoms with van der Waals surface area (Å²) < 4.78 is 0. The molecule has 1 aliphatic heterocycles. The fraction of sp³-hybridized carbons (Fsp3) is 0.333. The van der Waals surface area contributed by atoms with Crippen LogP contribution in [0.15, 0.2) is 34.1 Å². The smallest absolute Gasteiger partial charge is 0.106 e. The van der Waals surface area contributed by atoms with E-state index in [1.807, 2.05) is 25.9 Å². The van der Waals surface area contributed by atoms with Crippen LogP contribution in [-0.4, -0.2) is 24.0 Å². The van der Waals surface area contributed by atoms with Crippen molar-refractivity contribution >= 4 is 32.8 Å². The second-order valence-electron chi connectivity index (χ2n) is 4.65. The largest absolute Gasteiger partial charge is 0.378 e. The van der Waals surface area contributed by atoms with E-state index in [2.05, 4.69) is 49.1 Å². The van der Waals surface area contributed by atoms with Crippen LogP contribution in [0.25, 0.3) is 0 Å². The molecule has 4 heteroatoms. The number of benzene rings is 1. The summed E-state index contributed by atoms with van der Waals surface area (Å²) in [6.45, 7) is 4.31. The number of nitriles is 1. The number of nitrogens with zero attached hydrogens (tertiary/aromatic N) is 2. The summed E-state index contributed by atoms with van der Waals surface area (Å²) in [6.07, 6.45) is 0. The fourth-order valence-corrected chi connectivity index (χ4v) is 6.12. The lowest BCUT2D eigenvalue weighted by molar-refractivity contribution is 1.13. The van der Waals surface area contributed by atoms with E-state index < -0.39 is 0 Å². The van der Waals surface area contributed by atoms with Crippen LogP contribution in [0.1, 0.15) is 19.4 Å². The van der Waals surface area contributed by atoms with Crippen LogP contribution < -0.4 is 4.90 Å². The third kappa shape index (κ3) is 2.88. The van der Waals surface area contributed by atoms with E-state index in [1.165, 1.54) is 9.81 Å². The highest BCUT2D eigenvalue weighted by Gasteiger charge is 2.17. The van der Waals surface area contributed by atoms with Crippen molar-refractivity contribution in [1.82, 2.24) is 0 Å². The highest BCUT2D eigenvalue weighted by Crippen LogP contribution is 2.45. The normalized spacial score (nSPS) is 19.3. The van der Waals surface area contributed by atoms with E-state index in [9.17, 15) is 5.26 Å². The van der Waals surface area contributed by atoms with Gasteiger partial charge in [-0.3, -0.25) is 0 Å². The van der Waals surface area contributed by atoms with Crippen molar-refractivity contribution in [3.8, 4) is 6.07 Å². The Kier molecular flexibility index (Phi) is 4.38. The van der Waals surface area contributed by atoms with Crippen molar-refractivity contribution in [3.05, 3.63) is 39.6 Å². The van der Waals surface area contributed by atoms with Gasteiger partial charge in [0.2, 0.25) is 0 Å². The molecule has 2 nitrogen and oxygen atoms in total. The lowest BCUT2D eigenvalue weighted by Gasteiger charge is -2.13. The zero-order valence-corrected chi connectivity index (χ0v) is 13.4. The van der Waals surface area contributed by atoms with Gasteiger partial charge in [-0.15, -0.1) is 22.2 Å². The Morgan fingerprint density at radius 1 is 1.26 bits per heavy atom. The Morgan fingerprint density at radius 3 is 2.32 bits per heavy atom. The van der Waals surface area contributed by atoms with Gasteiger partial charge in [-0.2, -0.15) is 5.26 Å². The van der Waals surface area contributed by atoms with Gasteiger partial charge in [0.25, 0.3) is 0 Å². The zero-order valence-electron chi connectivity index (χ0n) is 11.7. The SMILES string of the molecule is CC1=C(C)S(=C(C#N)c2ccc(N(C)C)cc2)CS1. The van der Waals surface area contributed by atoms with E-state index in [0.29, 0.717) is 0 Å². The minimum Gasteiger partial charge on any atom is -0.378 e. The van der Waals surface area contributed by atoms with Crippen LogP contribution >= 0.6 is 22.2 Å². The maximum atomic E-state index is 9.50. The van der Waals surface area contributed by atoms with Crippen molar-refractivity contribution in [2.24, 2.45) is 0 Å². The second kappa shape index (κ2) is 5.85. The Balaban J connectivity index is 2.45. The van der Waals surface area contributed by atoms with Crippen LogP contribution in [-0.2, 0) is 0 Å². The van der Waals surface area contributed by atoms with Crippen LogP contribution in [0.5, 0.6) is 0 Å². The molecule has 0 aromatic heterocycles. The van der Waals surface area contributed by atoms with Gasteiger partial charge in [0.05, 0.1) is 4.86 Å². The molecule has 2 rings (SSSR count). The van der Waals surface area contributed by atoms with Gasteiger partial charge in [-0.25, -0.2) is 0 Å². The first-order valence-electron chi connectivity index (χ1n) is 6.10. The summed E-state index contributed by atoms with van der Waals surface area (Å²) in [5.74, 6) is 0. The molecule has 1 aromatic rings. The molecule has 100 valence electrons. The third-order valence-corrected chi connectivity index (χ3v) is 7.40. The first-order valence-corrected chi connectivity index (χ1v) is 8.48. The van der Waals surface area contributed by atoms with Gasteiger partial charge in [0.1, 0.15) is 6.07 Å². The molecule has 0 aliphatic carbocycles. The van der Waals surface area contributed by atoms with E-state index in [4.69, 9.17) is 0 Å². The van der Waals surface area contributed by atoms with Gasteiger partial charge >= 0.3 is 0 Å². The number of anilines is 1. The summed E-state index contributed by atoms with van der Waals surface area (Å²) in [6, 6.07) is 10.7. The van der Waals surface area contributed by atoms with Gasteiger partial charge in [-0.05, 0) is 41.4 Å². The van der Waals surface area contributed by atoms with E-state index >= 15 is 0 Å². The first-order chi connectivity index (χ1) is 9.04. The van der Waals surface area contributed by atoms with Crippen molar-refractivity contribution in [2.75, 3.05) is 24.1 Å². The third-order valence-electron chi connectivity index (χ3n) is 3.25. The molecule has 0 amide bonds. The molecule has 0 N–H and O–H groups in total. The number of rotatable bonds is 2. The Morgan fingerprint density at radius 2 is 1.89 bits per heavy atom. The molecule has 0 fully saturated rings. The molecule has 0 radical (unpaired) electrons. The van der Waals surface area contributed by atoms with Gasteiger partial charge in [0, 0.05) is 24.9 Å². The van der Waals surface area contributed by atoms with E-state index in [-0.39, 0.29) is 10.5 Å². The average molecular weight is 290 g/mol. The molecule has 1 atom stereocenters. The van der Waals surface area contributed by atoms with Crippen molar-refractivity contribution in [1.29, 1.82) is 5.26 Å². The topological polar surface area (TPSA) is 27.0 Å². The zero-order chi connectivity index (χ0) is 14.0. The lowest BCUT2D eigenvalue weighted by Crippen LogP contribution is -2.08. The van der Waals surface area contributed by atoms with Crippen molar-refractivity contribution < 1.29 is 0 Å².